The van der Waals surface area contributed by atoms with E-state index in [4.69, 9.17) is 4.74 Å². The Hall–Kier alpha value is -2.02. The van der Waals surface area contributed by atoms with Crippen LogP contribution in [0.1, 0.15) is 24.7 Å². The highest BCUT2D eigenvalue weighted by Gasteiger charge is 2.23. The van der Waals surface area contributed by atoms with Crippen LogP contribution in [0.25, 0.3) is 5.69 Å². The second-order valence-corrected chi connectivity index (χ2v) is 4.42. The number of methoxy groups -OCH3 is 1. The first-order valence-corrected chi connectivity index (χ1v) is 6.15. The molecule has 1 aromatic carbocycles. The summed E-state index contributed by atoms with van der Waals surface area (Å²) in [6.45, 7) is 0.953. The van der Waals surface area contributed by atoms with E-state index in [2.05, 4.69) is 20.8 Å². The Morgan fingerprint density at radius 3 is 3.05 bits per heavy atom. The van der Waals surface area contributed by atoms with Crippen LogP contribution in [0.4, 0.5) is 4.39 Å². The zero-order valence-electron chi connectivity index (χ0n) is 10.5. The van der Waals surface area contributed by atoms with Crippen LogP contribution >= 0.6 is 0 Å². The summed E-state index contributed by atoms with van der Waals surface area (Å²) in [4.78, 5) is 0. The Morgan fingerprint density at radius 1 is 1.47 bits per heavy atom. The van der Waals surface area contributed by atoms with Gasteiger partial charge < -0.3 is 10.1 Å². The van der Waals surface area contributed by atoms with Crippen molar-refractivity contribution in [3.8, 4) is 11.4 Å². The molecule has 2 aromatic rings. The van der Waals surface area contributed by atoms with Crippen LogP contribution in [-0.2, 0) is 0 Å². The minimum atomic E-state index is -0.430. The molecule has 6 nitrogen and oxygen atoms in total. The number of aromatic nitrogens is 4. The Kier molecular flexibility index (Phi) is 3.12. The molecular weight excluding hydrogens is 249 g/mol. The highest BCUT2D eigenvalue weighted by atomic mass is 19.1. The van der Waals surface area contributed by atoms with Gasteiger partial charge in [0.1, 0.15) is 0 Å². The van der Waals surface area contributed by atoms with Gasteiger partial charge in [-0.3, -0.25) is 0 Å². The molecule has 1 fully saturated rings. The van der Waals surface area contributed by atoms with Gasteiger partial charge in [0.2, 0.25) is 0 Å². The van der Waals surface area contributed by atoms with Crippen LogP contribution in [0, 0.1) is 5.82 Å². The van der Waals surface area contributed by atoms with Crippen LogP contribution in [0.15, 0.2) is 18.2 Å². The van der Waals surface area contributed by atoms with E-state index in [-0.39, 0.29) is 11.8 Å². The van der Waals surface area contributed by atoms with E-state index in [1.165, 1.54) is 13.2 Å². The summed E-state index contributed by atoms with van der Waals surface area (Å²) < 4.78 is 20.2. The normalized spacial score (nSPS) is 18.7. The summed E-state index contributed by atoms with van der Waals surface area (Å²) in [5.74, 6) is 0.486. The minimum absolute atomic E-state index is 0.125. The van der Waals surface area contributed by atoms with E-state index in [1.54, 1.807) is 16.8 Å². The van der Waals surface area contributed by atoms with Gasteiger partial charge in [0.15, 0.2) is 17.4 Å². The number of halogens is 1. The van der Waals surface area contributed by atoms with Crippen molar-refractivity contribution in [2.24, 2.45) is 0 Å². The van der Waals surface area contributed by atoms with Crippen LogP contribution in [0.3, 0.4) is 0 Å². The number of nitrogens with zero attached hydrogens (tertiary/aromatic N) is 4. The molecule has 0 spiro atoms. The summed E-state index contributed by atoms with van der Waals surface area (Å²) in [6, 6.07) is 4.79. The molecule has 19 heavy (non-hydrogen) atoms. The van der Waals surface area contributed by atoms with E-state index < -0.39 is 5.82 Å². The first-order chi connectivity index (χ1) is 9.29. The van der Waals surface area contributed by atoms with Crippen LogP contribution in [-0.4, -0.2) is 33.9 Å². The molecule has 100 valence electrons. The zero-order chi connectivity index (χ0) is 13.2. The fourth-order valence-electron chi connectivity index (χ4n) is 2.29. The topological polar surface area (TPSA) is 64.9 Å². The maximum Gasteiger partial charge on any atom is 0.173 e. The number of nitrogens with one attached hydrogen (secondary N) is 1. The zero-order valence-corrected chi connectivity index (χ0v) is 10.5. The second kappa shape index (κ2) is 4.93. The average molecular weight is 263 g/mol. The molecule has 1 aliphatic heterocycles. The molecule has 3 rings (SSSR count). The van der Waals surface area contributed by atoms with Crippen molar-refractivity contribution in [2.75, 3.05) is 13.7 Å². The van der Waals surface area contributed by atoms with Gasteiger partial charge in [0.05, 0.1) is 18.8 Å². The predicted octanol–water partition coefficient (Wildman–Crippen LogP) is 1.23. The minimum Gasteiger partial charge on any atom is -0.494 e. The highest BCUT2D eigenvalue weighted by molar-refractivity contribution is 5.38. The first kappa shape index (κ1) is 12.0. The smallest absolute Gasteiger partial charge is 0.173 e. The van der Waals surface area contributed by atoms with Gasteiger partial charge in [0.25, 0.3) is 0 Å². The number of tetrazole rings is 1. The van der Waals surface area contributed by atoms with E-state index in [0.29, 0.717) is 11.5 Å². The maximum atomic E-state index is 13.7. The molecule has 1 atom stereocenters. The fraction of sp³-hybridized carbons (Fsp3) is 0.417. The number of hydrogen-bond acceptors (Lipinski definition) is 5. The van der Waals surface area contributed by atoms with Crippen molar-refractivity contribution in [3.05, 3.63) is 29.8 Å². The van der Waals surface area contributed by atoms with Gasteiger partial charge in [-0.25, -0.2) is 4.39 Å². The number of benzene rings is 1. The van der Waals surface area contributed by atoms with Crippen LogP contribution in [0.5, 0.6) is 5.75 Å². The van der Waals surface area contributed by atoms with Gasteiger partial charge in [-0.15, -0.1) is 5.10 Å². The molecule has 1 saturated heterocycles. The van der Waals surface area contributed by atoms with Crippen molar-refractivity contribution in [1.82, 2.24) is 25.5 Å². The second-order valence-electron chi connectivity index (χ2n) is 4.42. The third kappa shape index (κ3) is 2.17. The van der Waals surface area contributed by atoms with E-state index in [9.17, 15) is 4.39 Å². The molecular formula is C12H14FN5O. The van der Waals surface area contributed by atoms with Gasteiger partial charge >= 0.3 is 0 Å². The first-order valence-electron chi connectivity index (χ1n) is 6.15. The molecule has 1 aromatic heterocycles. The lowest BCUT2D eigenvalue weighted by Gasteiger charge is -2.11. The summed E-state index contributed by atoms with van der Waals surface area (Å²) in [5, 5.41) is 15.0. The molecule has 7 heteroatoms. The van der Waals surface area contributed by atoms with Crippen molar-refractivity contribution in [3.63, 3.8) is 0 Å². The number of hydrogen-bond donors (Lipinski definition) is 1. The van der Waals surface area contributed by atoms with Crippen molar-refractivity contribution in [1.29, 1.82) is 0 Å². The lowest BCUT2D eigenvalue weighted by molar-refractivity contribution is 0.386. The monoisotopic (exact) mass is 263 g/mol. The van der Waals surface area contributed by atoms with E-state index in [0.717, 1.165) is 19.4 Å². The third-order valence-corrected chi connectivity index (χ3v) is 3.25. The van der Waals surface area contributed by atoms with Gasteiger partial charge in [-0.05, 0) is 41.9 Å². The Balaban J connectivity index is 1.98. The Bertz CT molecular complexity index is 579. The lowest BCUT2D eigenvalue weighted by Crippen LogP contribution is -2.18. The molecule has 0 bridgehead atoms. The summed E-state index contributed by atoms with van der Waals surface area (Å²) in [7, 11) is 1.43. The van der Waals surface area contributed by atoms with Crippen LogP contribution in [0.2, 0.25) is 0 Å². The molecule has 0 radical (unpaired) electrons. The fourth-order valence-corrected chi connectivity index (χ4v) is 2.29. The van der Waals surface area contributed by atoms with E-state index >= 15 is 0 Å². The number of ether oxygens (including phenoxy) is 1. The summed E-state index contributed by atoms with van der Waals surface area (Å²) in [5.41, 5.74) is 0.590. The molecule has 0 amide bonds. The van der Waals surface area contributed by atoms with Gasteiger partial charge in [-0.1, -0.05) is 0 Å². The Morgan fingerprint density at radius 2 is 2.37 bits per heavy atom. The summed E-state index contributed by atoms with van der Waals surface area (Å²) >= 11 is 0. The Labute approximate surface area is 109 Å². The highest BCUT2D eigenvalue weighted by Crippen LogP contribution is 2.24. The number of rotatable bonds is 3. The molecule has 1 aliphatic rings. The molecule has 0 saturated carbocycles. The predicted molar refractivity (Wildman–Crippen MR) is 65.6 cm³/mol. The third-order valence-electron chi connectivity index (χ3n) is 3.25. The summed E-state index contributed by atoms with van der Waals surface area (Å²) in [6.07, 6.45) is 2.08. The van der Waals surface area contributed by atoms with Crippen LogP contribution < -0.4 is 10.1 Å². The molecule has 1 unspecified atom stereocenters. The maximum absolute atomic E-state index is 13.7. The SMILES string of the molecule is COc1ccc(-n2nnnc2C2CCCN2)cc1F. The quantitative estimate of drug-likeness (QED) is 0.902. The van der Waals surface area contributed by atoms with Gasteiger partial charge in [-0.2, -0.15) is 4.68 Å². The van der Waals surface area contributed by atoms with E-state index in [1.807, 2.05) is 0 Å². The van der Waals surface area contributed by atoms with Crippen molar-refractivity contribution < 1.29 is 9.13 Å². The largest absolute Gasteiger partial charge is 0.494 e. The standard InChI is InChI=1S/C12H14FN5O/c1-19-11-5-4-8(7-9(11)13)18-12(15-16-17-18)10-3-2-6-14-10/h4-5,7,10,14H,2-3,6H2,1H3. The molecule has 1 N–H and O–H groups in total. The van der Waals surface area contributed by atoms with Crippen molar-refractivity contribution in [2.45, 2.75) is 18.9 Å². The lowest BCUT2D eigenvalue weighted by atomic mass is 10.2. The van der Waals surface area contributed by atoms with Crippen molar-refractivity contribution >= 4 is 0 Å². The average Bonchev–Trinajstić information content (AvgIpc) is 3.09. The molecule has 2 heterocycles. The molecule has 0 aliphatic carbocycles. The van der Waals surface area contributed by atoms with Gasteiger partial charge in [0, 0.05) is 6.07 Å².